The Kier molecular flexibility index (Phi) is 5.88. The predicted octanol–water partition coefficient (Wildman–Crippen LogP) is 4.57. The largest absolute Gasteiger partial charge is 0.312 e. The number of nitrogens with zero attached hydrogens (tertiary/aromatic N) is 4. The van der Waals surface area contributed by atoms with Gasteiger partial charge in [-0.25, -0.2) is 0 Å². The molecular formula is C20H18N4O5S. The summed E-state index contributed by atoms with van der Waals surface area (Å²) in [6, 6.07) is 8.77. The number of amides is 1. The number of thiazole rings is 1. The number of carbonyl (C=O) groups excluding carboxylic acids is 1. The number of aromatic nitrogens is 1. The molecule has 3 rings (SSSR count). The molecule has 3 aromatic rings. The lowest BCUT2D eigenvalue weighted by Gasteiger charge is -2.05. The van der Waals surface area contributed by atoms with E-state index in [0.29, 0.717) is 17.3 Å². The zero-order valence-corrected chi connectivity index (χ0v) is 17.1. The van der Waals surface area contributed by atoms with Gasteiger partial charge in [-0.2, -0.15) is 4.99 Å². The highest BCUT2D eigenvalue weighted by molar-refractivity contribution is 7.16. The van der Waals surface area contributed by atoms with E-state index in [1.807, 2.05) is 18.2 Å². The number of carbonyl (C=O) groups is 1. The van der Waals surface area contributed by atoms with E-state index in [1.165, 1.54) is 11.3 Å². The zero-order valence-electron chi connectivity index (χ0n) is 16.3. The average Bonchev–Trinajstić information content (AvgIpc) is 3.04. The molecule has 0 N–H and O–H groups in total. The number of hydrogen-bond acceptors (Lipinski definition) is 6. The Labute approximate surface area is 174 Å². The maximum absolute atomic E-state index is 12.7. The summed E-state index contributed by atoms with van der Waals surface area (Å²) in [6.07, 6.45) is 1.67. The molecule has 0 aliphatic rings. The Morgan fingerprint density at radius 2 is 1.80 bits per heavy atom. The van der Waals surface area contributed by atoms with E-state index in [2.05, 4.69) is 25.4 Å². The fraction of sp³-hybridized carbons (Fsp3) is 0.200. The number of hydrogen-bond donors (Lipinski definition) is 0. The lowest BCUT2D eigenvalue weighted by atomic mass is 10.0. The van der Waals surface area contributed by atoms with Crippen molar-refractivity contribution in [2.45, 2.75) is 26.3 Å². The fourth-order valence-electron chi connectivity index (χ4n) is 2.92. The fourth-order valence-corrected chi connectivity index (χ4v) is 4.01. The first-order valence-electron chi connectivity index (χ1n) is 8.98. The van der Waals surface area contributed by atoms with Crippen molar-refractivity contribution >= 4 is 38.8 Å². The predicted molar refractivity (Wildman–Crippen MR) is 114 cm³/mol. The molecule has 0 aliphatic carbocycles. The van der Waals surface area contributed by atoms with E-state index in [-0.39, 0.29) is 5.56 Å². The van der Waals surface area contributed by atoms with E-state index in [9.17, 15) is 25.0 Å². The molecule has 9 nitrogen and oxygen atoms in total. The van der Waals surface area contributed by atoms with Crippen molar-refractivity contribution in [2.24, 2.45) is 4.99 Å². The molecule has 154 valence electrons. The molecule has 0 bridgehead atoms. The first-order chi connectivity index (χ1) is 14.2. The van der Waals surface area contributed by atoms with Crippen LogP contribution in [0.4, 0.5) is 11.4 Å². The summed E-state index contributed by atoms with van der Waals surface area (Å²) in [5.74, 6) is -0.466. The van der Waals surface area contributed by atoms with Gasteiger partial charge in [0, 0.05) is 18.7 Å². The molecule has 0 unspecified atom stereocenters. The molecule has 0 fully saturated rings. The van der Waals surface area contributed by atoms with Gasteiger partial charge in [-0.05, 0) is 23.6 Å². The Balaban J connectivity index is 2.17. The van der Waals surface area contributed by atoms with Crippen molar-refractivity contribution in [3.63, 3.8) is 0 Å². The molecule has 1 aromatic heterocycles. The van der Waals surface area contributed by atoms with Gasteiger partial charge in [-0.1, -0.05) is 37.3 Å². The van der Waals surface area contributed by atoms with Crippen LogP contribution in [0.1, 0.15) is 35.7 Å². The van der Waals surface area contributed by atoms with Crippen molar-refractivity contribution < 1.29 is 14.6 Å². The highest BCUT2D eigenvalue weighted by atomic mass is 32.1. The van der Waals surface area contributed by atoms with Crippen LogP contribution >= 0.6 is 11.3 Å². The first-order valence-corrected chi connectivity index (χ1v) is 9.80. The van der Waals surface area contributed by atoms with Crippen molar-refractivity contribution in [2.75, 3.05) is 0 Å². The van der Waals surface area contributed by atoms with E-state index >= 15 is 0 Å². The molecule has 0 saturated heterocycles. The summed E-state index contributed by atoms with van der Waals surface area (Å²) in [6.45, 7) is 8.30. The summed E-state index contributed by atoms with van der Waals surface area (Å²) in [5.41, 5.74) is 0.711. The van der Waals surface area contributed by atoms with Gasteiger partial charge in [-0.15, -0.1) is 6.58 Å². The summed E-state index contributed by atoms with van der Waals surface area (Å²) >= 11 is 1.30. The van der Waals surface area contributed by atoms with Gasteiger partial charge >= 0.3 is 0 Å². The summed E-state index contributed by atoms with van der Waals surface area (Å²) in [7, 11) is 0. The summed E-state index contributed by atoms with van der Waals surface area (Å²) in [5, 5.41) is 22.2. The minimum Gasteiger partial charge on any atom is -0.312 e. The molecule has 1 amide bonds. The van der Waals surface area contributed by atoms with Gasteiger partial charge in [0.2, 0.25) is 0 Å². The van der Waals surface area contributed by atoms with Crippen LogP contribution in [0.15, 0.2) is 54.0 Å². The standard InChI is InChI=1S/C20H18N4O5S/c1-4-7-22-17-6-5-13(12(2)3)10-18(17)30-20(22)21-19(25)14-8-15(23(26)27)11-16(9-14)24(28)29/h4-6,8-12H,1,7H2,2-3H3. The maximum Gasteiger partial charge on any atom is 0.280 e. The van der Waals surface area contributed by atoms with Crippen LogP contribution in [0.2, 0.25) is 0 Å². The van der Waals surface area contributed by atoms with E-state index < -0.39 is 27.1 Å². The Bertz CT molecular complexity index is 1220. The zero-order chi connectivity index (χ0) is 22.0. The van der Waals surface area contributed by atoms with Crippen LogP contribution in [0, 0.1) is 20.2 Å². The van der Waals surface area contributed by atoms with Crippen LogP contribution in [-0.2, 0) is 6.54 Å². The Hall–Kier alpha value is -3.66. The second-order valence-electron chi connectivity index (χ2n) is 6.84. The van der Waals surface area contributed by atoms with Gasteiger partial charge in [-0.3, -0.25) is 25.0 Å². The average molecular weight is 426 g/mol. The van der Waals surface area contributed by atoms with Crippen molar-refractivity contribution in [1.82, 2.24) is 4.57 Å². The molecule has 2 aromatic carbocycles. The molecular weight excluding hydrogens is 408 g/mol. The smallest absolute Gasteiger partial charge is 0.280 e. The number of nitro benzene ring substituents is 2. The van der Waals surface area contributed by atoms with Gasteiger partial charge in [0.1, 0.15) is 0 Å². The van der Waals surface area contributed by atoms with Crippen LogP contribution in [-0.4, -0.2) is 20.3 Å². The van der Waals surface area contributed by atoms with Crippen LogP contribution < -0.4 is 4.80 Å². The number of benzene rings is 2. The first kappa shape index (κ1) is 21.1. The van der Waals surface area contributed by atoms with Gasteiger partial charge in [0.25, 0.3) is 17.3 Å². The van der Waals surface area contributed by atoms with Crippen molar-refractivity contribution in [3.8, 4) is 0 Å². The number of nitro groups is 2. The molecule has 0 atom stereocenters. The van der Waals surface area contributed by atoms with E-state index in [4.69, 9.17) is 0 Å². The minimum absolute atomic E-state index is 0.221. The normalized spacial score (nSPS) is 11.8. The van der Waals surface area contributed by atoms with Crippen LogP contribution in [0.5, 0.6) is 0 Å². The molecule has 0 radical (unpaired) electrons. The number of rotatable bonds is 6. The molecule has 1 heterocycles. The highest BCUT2D eigenvalue weighted by Gasteiger charge is 2.20. The van der Waals surface area contributed by atoms with Gasteiger partial charge in [0.15, 0.2) is 4.80 Å². The third kappa shape index (κ3) is 4.18. The van der Waals surface area contributed by atoms with Crippen LogP contribution in [0.3, 0.4) is 0 Å². The van der Waals surface area contributed by atoms with Gasteiger partial charge < -0.3 is 4.57 Å². The molecule has 0 spiro atoms. The van der Waals surface area contributed by atoms with Crippen LogP contribution in [0.25, 0.3) is 10.2 Å². The van der Waals surface area contributed by atoms with E-state index in [1.54, 1.807) is 10.6 Å². The second kappa shape index (κ2) is 8.37. The maximum atomic E-state index is 12.7. The highest BCUT2D eigenvalue weighted by Crippen LogP contribution is 2.25. The SMILES string of the molecule is C=CCn1c(=NC(=O)c2cc([N+](=O)[O-])cc([N+](=O)[O-])c2)sc2cc(C(C)C)ccc21. The Morgan fingerprint density at radius 3 is 2.33 bits per heavy atom. The number of allylic oxidation sites excluding steroid dienone is 1. The lowest BCUT2D eigenvalue weighted by molar-refractivity contribution is -0.394. The van der Waals surface area contributed by atoms with Gasteiger partial charge in [0.05, 0.1) is 31.7 Å². The minimum atomic E-state index is -0.796. The monoisotopic (exact) mass is 426 g/mol. The van der Waals surface area contributed by atoms with Crippen molar-refractivity contribution in [1.29, 1.82) is 0 Å². The third-order valence-corrected chi connectivity index (χ3v) is 5.49. The quantitative estimate of drug-likeness (QED) is 0.325. The number of fused-ring (bicyclic) bond motifs is 1. The second-order valence-corrected chi connectivity index (χ2v) is 7.84. The number of non-ortho nitro benzene ring substituents is 2. The van der Waals surface area contributed by atoms with Crippen molar-refractivity contribution in [3.05, 3.63) is 85.2 Å². The molecule has 0 saturated carbocycles. The molecule has 0 aliphatic heterocycles. The lowest BCUT2D eigenvalue weighted by Crippen LogP contribution is -2.16. The summed E-state index contributed by atoms with van der Waals surface area (Å²) in [4.78, 5) is 37.8. The third-order valence-electron chi connectivity index (χ3n) is 4.45. The Morgan fingerprint density at radius 1 is 1.17 bits per heavy atom. The molecule has 10 heteroatoms. The topological polar surface area (TPSA) is 121 Å². The molecule has 30 heavy (non-hydrogen) atoms. The van der Waals surface area contributed by atoms with E-state index in [0.717, 1.165) is 34.0 Å². The summed E-state index contributed by atoms with van der Waals surface area (Å²) < 4.78 is 2.74.